The Balaban J connectivity index is 2.94. The van der Waals surface area contributed by atoms with Gasteiger partial charge in [0.05, 0.1) is 18.1 Å². The maximum absolute atomic E-state index is 12.4. The molecule has 18 heavy (non-hydrogen) atoms. The third kappa shape index (κ3) is 3.30. The van der Waals surface area contributed by atoms with Gasteiger partial charge in [0.15, 0.2) is 0 Å². The predicted octanol–water partition coefficient (Wildman–Crippen LogP) is 1.21. The smallest absolute Gasteiger partial charge is 0.244 e. The Labute approximate surface area is 112 Å². The van der Waals surface area contributed by atoms with Crippen molar-refractivity contribution in [2.24, 2.45) is 0 Å². The quantitative estimate of drug-likeness (QED) is 0.767. The molecule has 1 rings (SSSR count). The van der Waals surface area contributed by atoms with E-state index in [0.29, 0.717) is 30.2 Å². The number of rotatable bonds is 7. The Morgan fingerprint density at radius 3 is 2.72 bits per heavy atom. The third-order valence-electron chi connectivity index (χ3n) is 2.56. The van der Waals surface area contributed by atoms with E-state index in [9.17, 15) is 13.5 Å². The van der Waals surface area contributed by atoms with E-state index in [-0.39, 0.29) is 11.5 Å². The fraction of sp³-hybridized carbons (Fsp3) is 0.636. The van der Waals surface area contributed by atoms with Crippen LogP contribution in [0.25, 0.3) is 0 Å². The monoisotopic (exact) mass is 293 g/mol. The molecule has 104 valence electrons. The molecule has 0 amide bonds. The minimum atomic E-state index is -3.55. The molecule has 1 aromatic heterocycles. The maximum atomic E-state index is 12.4. The molecule has 0 aromatic carbocycles. The first-order chi connectivity index (χ1) is 8.45. The summed E-state index contributed by atoms with van der Waals surface area (Å²) >= 11 is 1.26. The zero-order valence-corrected chi connectivity index (χ0v) is 12.5. The van der Waals surface area contributed by atoms with E-state index in [1.807, 2.05) is 6.92 Å². The van der Waals surface area contributed by atoms with Crippen LogP contribution < -0.4 is 0 Å². The molecular weight excluding hydrogens is 274 g/mol. The van der Waals surface area contributed by atoms with Gasteiger partial charge < -0.3 is 9.84 Å². The van der Waals surface area contributed by atoms with Gasteiger partial charge in [-0.2, -0.15) is 4.31 Å². The molecule has 0 saturated carbocycles. The summed E-state index contributed by atoms with van der Waals surface area (Å²) in [6, 6.07) is 0. The minimum Gasteiger partial charge on any atom is -0.391 e. The summed E-state index contributed by atoms with van der Waals surface area (Å²) in [6.45, 7) is 4.57. The molecule has 7 heteroatoms. The average Bonchev–Trinajstić information content (AvgIpc) is 2.71. The van der Waals surface area contributed by atoms with Gasteiger partial charge in [0.2, 0.25) is 10.0 Å². The molecule has 0 radical (unpaired) electrons. The highest BCUT2D eigenvalue weighted by Crippen LogP contribution is 2.28. The van der Waals surface area contributed by atoms with Crippen LogP contribution in [0.3, 0.4) is 0 Å². The van der Waals surface area contributed by atoms with Gasteiger partial charge in [-0.3, -0.25) is 0 Å². The molecule has 0 aliphatic heterocycles. The van der Waals surface area contributed by atoms with Crippen LogP contribution in [0.2, 0.25) is 0 Å². The first kappa shape index (κ1) is 15.6. The highest BCUT2D eigenvalue weighted by Gasteiger charge is 2.26. The first-order valence-corrected chi connectivity index (χ1v) is 7.99. The van der Waals surface area contributed by atoms with Crippen molar-refractivity contribution < 1.29 is 18.3 Å². The Bertz CT molecular complexity index is 481. The molecule has 0 unspecified atom stereocenters. The minimum absolute atomic E-state index is 0.231. The lowest BCUT2D eigenvalue weighted by molar-refractivity contribution is 0.138. The van der Waals surface area contributed by atoms with E-state index in [1.54, 1.807) is 12.3 Å². The van der Waals surface area contributed by atoms with Gasteiger partial charge in [0.25, 0.3) is 0 Å². The van der Waals surface area contributed by atoms with Gasteiger partial charge in [-0.25, -0.2) is 8.42 Å². The molecule has 5 nitrogen and oxygen atoms in total. The van der Waals surface area contributed by atoms with Crippen molar-refractivity contribution in [3.05, 3.63) is 15.8 Å². The van der Waals surface area contributed by atoms with Gasteiger partial charge in [0, 0.05) is 20.2 Å². The van der Waals surface area contributed by atoms with E-state index in [1.165, 1.54) is 22.7 Å². The number of likely N-dealkylation sites (N-methyl/N-ethyl adjacent to an activating group) is 1. The van der Waals surface area contributed by atoms with Crippen LogP contribution in [0.15, 0.2) is 10.3 Å². The van der Waals surface area contributed by atoms with Crippen molar-refractivity contribution in [1.29, 1.82) is 0 Å². The molecule has 1 N–H and O–H groups in total. The van der Waals surface area contributed by atoms with Crippen LogP contribution in [-0.2, 0) is 21.4 Å². The van der Waals surface area contributed by atoms with Crippen molar-refractivity contribution in [3.63, 3.8) is 0 Å². The number of aliphatic hydroxyl groups excluding tert-OH is 1. The summed E-state index contributed by atoms with van der Waals surface area (Å²) in [4.78, 5) is 0.713. The molecule has 0 bridgehead atoms. The van der Waals surface area contributed by atoms with Gasteiger partial charge in [-0.15, -0.1) is 11.3 Å². The van der Waals surface area contributed by atoms with Gasteiger partial charge >= 0.3 is 0 Å². The third-order valence-corrected chi connectivity index (χ3v) is 5.86. The molecular formula is C11H19NO4S2. The summed E-state index contributed by atoms with van der Waals surface area (Å²) in [5.41, 5.74) is 0.673. The first-order valence-electron chi connectivity index (χ1n) is 5.67. The van der Waals surface area contributed by atoms with Crippen LogP contribution >= 0.6 is 11.3 Å². The Morgan fingerprint density at radius 2 is 2.17 bits per heavy atom. The number of thiophene rings is 1. The summed E-state index contributed by atoms with van der Waals surface area (Å²) < 4.78 is 31.1. The fourth-order valence-corrected chi connectivity index (χ4v) is 4.32. The number of aliphatic hydroxyl groups is 1. The lowest BCUT2D eigenvalue weighted by Gasteiger charge is -2.17. The molecule has 0 fully saturated rings. The number of ether oxygens (including phenoxy) is 1. The van der Waals surface area contributed by atoms with Crippen LogP contribution in [-0.4, -0.2) is 44.6 Å². The van der Waals surface area contributed by atoms with Gasteiger partial charge in [-0.05, 0) is 24.8 Å². The normalized spacial score (nSPS) is 12.3. The number of nitrogens with zero attached hydrogens (tertiary/aromatic N) is 1. The van der Waals surface area contributed by atoms with Gasteiger partial charge in [0.1, 0.15) is 4.90 Å². The highest BCUT2D eigenvalue weighted by molar-refractivity contribution is 7.89. The van der Waals surface area contributed by atoms with Crippen molar-refractivity contribution in [2.45, 2.75) is 25.3 Å². The van der Waals surface area contributed by atoms with Crippen molar-refractivity contribution in [3.8, 4) is 0 Å². The van der Waals surface area contributed by atoms with E-state index in [4.69, 9.17) is 4.74 Å². The number of hydrogen-bond acceptors (Lipinski definition) is 5. The molecule has 1 aromatic rings. The zero-order chi connectivity index (χ0) is 13.8. The average molecular weight is 293 g/mol. The second-order valence-electron chi connectivity index (χ2n) is 3.85. The lowest BCUT2D eigenvalue weighted by atomic mass is 10.3. The largest absolute Gasteiger partial charge is 0.391 e. The number of sulfonamides is 1. The van der Waals surface area contributed by atoms with Crippen molar-refractivity contribution in [2.75, 3.05) is 26.8 Å². The molecule has 0 atom stereocenters. The summed E-state index contributed by atoms with van der Waals surface area (Å²) in [5.74, 6) is 0. The Kier molecular flexibility index (Phi) is 5.74. The second-order valence-corrected chi connectivity index (χ2v) is 6.80. The number of hydrogen-bond donors (Lipinski definition) is 1. The zero-order valence-electron chi connectivity index (χ0n) is 10.8. The maximum Gasteiger partial charge on any atom is 0.244 e. The predicted molar refractivity (Wildman–Crippen MR) is 71.3 cm³/mol. The second kappa shape index (κ2) is 6.63. The topological polar surface area (TPSA) is 66.8 Å². The summed E-state index contributed by atoms with van der Waals surface area (Å²) in [6.07, 6.45) is 0. The molecule has 0 spiro atoms. The van der Waals surface area contributed by atoms with Gasteiger partial charge in [-0.1, -0.05) is 0 Å². The van der Waals surface area contributed by atoms with Crippen molar-refractivity contribution in [1.82, 2.24) is 4.31 Å². The van der Waals surface area contributed by atoms with Crippen LogP contribution in [0.4, 0.5) is 0 Å². The SMILES string of the molecule is CCOCCN(C)S(=O)(=O)c1c(C)csc1CO. The summed E-state index contributed by atoms with van der Waals surface area (Å²) in [7, 11) is -2.03. The Hall–Kier alpha value is -0.470. The molecule has 0 saturated heterocycles. The van der Waals surface area contributed by atoms with E-state index in [0.717, 1.165) is 0 Å². The van der Waals surface area contributed by atoms with E-state index < -0.39 is 10.0 Å². The molecule has 1 heterocycles. The van der Waals surface area contributed by atoms with Crippen LogP contribution in [0, 0.1) is 6.92 Å². The highest BCUT2D eigenvalue weighted by atomic mass is 32.2. The fourth-order valence-electron chi connectivity index (χ4n) is 1.56. The lowest BCUT2D eigenvalue weighted by Crippen LogP contribution is -2.31. The molecule has 0 aliphatic rings. The van der Waals surface area contributed by atoms with Crippen LogP contribution in [0.1, 0.15) is 17.4 Å². The Morgan fingerprint density at radius 1 is 1.50 bits per heavy atom. The number of aryl methyl sites for hydroxylation is 1. The van der Waals surface area contributed by atoms with E-state index >= 15 is 0 Å². The standard InChI is InChI=1S/C11H19NO4S2/c1-4-16-6-5-12(3)18(14,15)11-9(2)8-17-10(11)7-13/h8,13H,4-7H2,1-3H3. The van der Waals surface area contributed by atoms with E-state index in [2.05, 4.69) is 0 Å². The molecule has 0 aliphatic carbocycles. The van der Waals surface area contributed by atoms with Crippen molar-refractivity contribution >= 4 is 21.4 Å². The van der Waals surface area contributed by atoms with Crippen LogP contribution in [0.5, 0.6) is 0 Å². The summed E-state index contributed by atoms with van der Waals surface area (Å²) in [5, 5.41) is 10.9.